The van der Waals surface area contributed by atoms with Crippen LogP contribution in [0, 0.1) is 0 Å². The predicted octanol–water partition coefficient (Wildman–Crippen LogP) is -3.46. The summed E-state index contributed by atoms with van der Waals surface area (Å²) in [5.41, 5.74) is 10.8. The van der Waals surface area contributed by atoms with Gasteiger partial charge in [-0.3, -0.25) is 14.4 Å². The molecule has 0 radical (unpaired) electrons. The Bertz CT molecular complexity index is 492. The first-order valence-corrected chi connectivity index (χ1v) is 8.67. The standard InChI is InChI=1S/C14H27N5O6S/c15-4-2-1-3-9(14(24)25)18-11(21)5-17-13(23)10(6-20)19-12(22)8(16)7-26/h8-10,20,26H,1-7,15-16H2,(H,17,23)(H,18,21)(H,19,22)(H,24,25). The molecule has 0 bridgehead atoms. The molecule has 3 unspecified atom stereocenters. The van der Waals surface area contributed by atoms with Crippen molar-refractivity contribution in [1.29, 1.82) is 0 Å². The number of nitrogens with two attached hydrogens (primary N) is 2. The van der Waals surface area contributed by atoms with Gasteiger partial charge < -0.3 is 37.6 Å². The van der Waals surface area contributed by atoms with Crippen LogP contribution >= 0.6 is 12.6 Å². The van der Waals surface area contributed by atoms with Crippen LogP contribution in [0.25, 0.3) is 0 Å². The summed E-state index contributed by atoms with van der Waals surface area (Å²) < 4.78 is 0. The van der Waals surface area contributed by atoms with Gasteiger partial charge in [-0.25, -0.2) is 4.79 Å². The second kappa shape index (κ2) is 13.3. The van der Waals surface area contributed by atoms with Crippen molar-refractivity contribution < 1.29 is 29.4 Å². The van der Waals surface area contributed by atoms with Gasteiger partial charge in [-0.15, -0.1) is 0 Å². The number of carbonyl (C=O) groups excluding carboxylic acids is 3. The Hall–Kier alpha value is -1.89. The molecule has 26 heavy (non-hydrogen) atoms. The Morgan fingerprint density at radius 3 is 2.19 bits per heavy atom. The van der Waals surface area contributed by atoms with Crippen LogP contribution in [0.3, 0.4) is 0 Å². The maximum absolute atomic E-state index is 11.9. The van der Waals surface area contributed by atoms with Crippen LogP contribution in [0.2, 0.25) is 0 Å². The van der Waals surface area contributed by atoms with E-state index in [0.29, 0.717) is 19.4 Å². The van der Waals surface area contributed by atoms with Crippen molar-refractivity contribution in [2.24, 2.45) is 11.5 Å². The zero-order valence-electron chi connectivity index (χ0n) is 14.3. The molecular formula is C14H27N5O6S. The van der Waals surface area contributed by atoms with E-state index in [9.17, 15) is 24.3 Å². The van der Waals surface area contributed by atoms with Crippen molar-refractivity contribution in [2.75, 3.05) is 25.4 Å². The molecule has 3 atom stereocenters. The Kier molecular flexibility index (Phi) is 12.4. The molecule has 0 saturated carbocycles. The fourth-order valence-corrected chi connectivity index (χ4v) is 2.01. The highest BCUT2D eigenvalue weighted by atomic mass is 32.1. The van der Waals surface area contributed by atoms with Crippen molar-refractivity contribution in [2.45, 2.75) is 37.4 Å². The number of carboxylic acids is 1. The number of nitrogens with one attached hydrogen (secondary N) is 3. The third-order valence-corrected chi connectivity index (χ3v) is 3.75. The monoisotopic (exact) mass is 393 g/mol. The lowest BCUT2D eigenvalue weighted by Gasteiger charge is -2.19. The van der Waals surface area contributed by atoms with E-state index in [2.05, 4.69) is 28.6 Å². The molecule has 0 aliphatic carbocycles. The molecule has 0 saturated heterocycles. The lowest BCUT2D eigenvalue weighted by atomic mass is 10.1. The van der Waals surface area contributed by atoms with Gasteiger partial charge in [0.2, 0.25) is 17.7 Å². The zero-order chi connectivity index (χ0) is 20.1. The van der Waals surface area contributed by atoms with Gasteiger partial charge in [0.05, 0.1) is 19.2 Å². The maximum atomic E-state index is 11.9. The van der Waals surface area contributed by atoms with Crippen molar-refractivity contribution in [3.63, 3.8) is 0 Å². The van der Waals surface area contributed by atoms with Crippen LogP contribution in [-0.2, 0) is 19.2 Å². The topological polar surface area (TPSA) is 197 Å². The van der Waals surface area contributed by atoms with Gasteiger partial charge in [0, 0.05) is 5.75 Å². The average Bonchev–Trinajstić information content (AvgIpc) is 2.62. The number of thiol groups is 1. The molecule has 0 aromatic carbocycles. The van der Waals surface area contributed by atoms with E-state index in [0.717, 1.165) is 0 Å². The summed E-state index contributed by atoms with van der Waals surface area (Å²) in [7, 11) is 0. The predicted molar refractivity (Wildman–Crippen MR) is 96.3 cm³/mol. The SMILES string of the molecule is NCCCCC(NC(=O)CNC(=O)C(CO)NC(=O)C(N)CS)C(=O)O. The Balaban J connectivity index is 4.46. The summed E-state index contributed by atoms with van der Waals surface area (Å²) in [5, 5.41) is 25.0. The van der Waals surface area contributed by atoms with Gasteiger partial charge in [-0.1, -0.05) is 0 Å². The van der Waals surface area contributed by atoms with E-state index in [1.807, 2.05) is 0 Å². The molecule has 0 aliphatic heterocycles. The van der Waals surface area contributed by atoms with E-state index in [-0.39, 0.29) is 12.2 Å². The lowest BCUT2D eigenvalue weighted by molar-refractivity contribution is -0.142. The first-order chi connectivity index (χ1) is 12.3. The number of amides is 3. The lowest BCUT2D eigenvalue weighted by Crippen LogP contribution is -2.55. The summed E-state index contributed by atoms with van der Waals surface area (Å²) in [6, 6.07) is -3.33. The normalized spacial score (nSPS) is 14.0. The second-order valence-electron chi connectivity index (χ2n) is 5.49. The number of aliphatic carboxylic acids is 1. The molecule has 9 N–H and O–H groups in total. The molecular weight excluding hydrogens is 366 g/mol. The molecule has 0 heterocycles. The highest BCUT2D eigenvalue weighted by Crippen LogP contribution is 2.00. The largest absolute Gasteiger partial charge is 0.480 e. The second-order valence-corrected chi connectivity index (χ2v) is 5.86. The van der Waals surface area contributed by atoms with Crippen LogP contribution in [0.15, 0.2) is 0 Å². The number of carbonyl (C=O) groups is 4. The summed E-state index contributed by atoms with van der Waals surface area (Å²) in [4.78, 5) is 46.4. The van der Waals surface area contributed by atoms with Crippen molar-refractivity contribution in [3.8, 4) is 0 Å². The molecule has 0 aromatic heterocycles. The van der Waals surface area contributed by atoms with Gasteiger partial charge in [-0.2, -0.15) is 12.6 Å². The first-order valence-electron chi connectivity index (χ1n) is 8.04. The average molecular weight is 393 g/mol. The van der Waals surface area contributed by atoms with Crippen molar-refractivity contribution >= 4 is 36.3 Å². The van der Waals surface area contributed by atoms with Gasteiger partial charge in [0.15, 0.2) is 0 Å². The number of hydrogen-bond acceptors (Lipinski definition) is 8. The highest BCUT2D eigenvalue weighted by Gasteiger charge is 2.24. The van der Waals surface area contributed by atoms with E-state index >= 15 is 0 Å². The number of rotatable bonds is 13. The first kappa shape index (κ1) is 24.1. The molecule has 12 heteroatoms. The molecule has 150 valence electrons. The van der Waals surface area contributed by atoms with Crippen molar-refractivity contribution in [1.82, 2.24) is 16.0 Å². The minimum absolute atomic E-state index is 0.0503. The summed E-state index contributed by atoms with van der Waals surface area (Å²) >= 11 is 3.85. The Morgan fingerprint density at radius 2 is 1.69 bits per heavy atom. The van der Waals surface area contributed by atoms with E-state index in [1.165, 1.54) is 0 Å². The Labute approximate surface area is 156 Å². The highest BCUT2D eigenvalue weighted by molar-refractivity contribution is 7.80. The van der Waals surface area contributed by atoms with Crippen LogP contribution in [-0.4, -0.2) is 77.5 Å². The Morgan fingerprint density at radius 1 is 1.04 bits per heavy atom. The number of aliphatic hydroxyl groups is 1. The molecule has 0 aliphatic rings. The maximum Gasteiger partial charge on any atom is 0.326 e. The third-order valence-electron chi connectivity index (χ3n) is 3.35. The summed E-state index contributed by atoms with van der Waals surface area (Å²) in [6.07, 6.45) is 1.37. The van der Waals surface area contributed by atoms with Gasteiger partial charge in [0.25, 0.3) is 0 Å². The minimum atomic E-state index is -1.29. The smallest absolute Gasteiger partial charge is 0.326 e. The number of aliphatic hydroxyl groups excluding tert-OH is 1. The fourth-order valence-electron chi connectivity index (χ4n) is 1.84. The quantitative estimate of drug-likeness (QED) is 0.117. The molecule has 0 rings (SSSR count). The zero-order valence-corrected chi connectivity index (χ0v) is 15.2. The van der Waals surface area contributed by atoms with Gasteiger partial charge >= 0.3 is 5.97 Å². The third kappa shape index (κ3) is 9.56. The summed E-state index contributed by atoms with van der Waals surface area (Å²) in [5.74, 6) is -3.34. The van der Waals surface area contributed by atoms with Crippen molar-refractivity contribution in [3.05, 3.63) is 0 Å². The minimum Gasteiger partial charge on any atom is -0.480 e. The number of carboxylic acid groups (broad SMARTS) is 1. The van der Waals surface area contributed by atoms with Crippen LogP contribution in [0.5, 0.6) is 0 Å². The van der Waals surface area contributed by atoms with E-state index < -0.39 is 55.0 Å². The van der Waals surface area contributed by atoms with Crippen LogP contribution in [0.4, 0.5) is 0 Å². The van der Waals surface area contributed by atoms with Crippen LogP contribution in [0.1, 0.15) is 19.3 Å². The molecule has 3 amide bonds. The molecule has 0 fully saturated rings. The number of unbranched alkanes of at least 4 members (excludes halogenated alkanes) is 1. The van der Waals surface area contributed by atoms with Gasteiger partial charge in [-0.05, 0) is 25.8 Å². The van der Waals surface area contributed by atoms with Crippen LogP contribution < -0.4 is 27.4 Å². The van der Waals surface area contributed by atoms with E-state index in [1.54, 1.807) is 0 Å². The fraction of sp³-hybridized carbons (Fsp3) is 0.714. The summed E-state index contributed by atoms with van der Waals surface area (Å²) in [6.45, 7) is -0.790. The molecule has 11 nitrogen and oxygen atoms in total. The van der Waals surface area contributed by atoms with E-state index in [4.69, 9.17) is 16.6 Å². The molecule has 0 aromatic rings. The molecule has 0 spiro atoms. The van der Waals surface area contributed by atoms with Gasteiger partial charge in [0.1, 0.15) is 12.1 Å². The number of hydrogen-bond donors (Lipinski definition) is 8.